The minimum Gasteiger partial charge on any atom is -0.444 e. The number of anilines is 3. The summed E-state index contributed by atoms with van der Waals surface area (Å²) in [5, 5.41) is 24.2. The molecule has 4 aromatic rings. The summed E-state index contributed by atoms with van der Waals surface area (Å²) in [4.78, 5) is 20.6. The Morgan fingerprint density at radius 3 is 2.39 bits per heavy atom. The van der Waals surface area contributed by atoms with Gasteiger partial charge < -0.3 is 4.74 Å². The molecule has 12 heteroatoms. The average Bonchev–Trinajstić information content (AvgIpc) is 3.46. The lowest BCUT2D eigenvalue weighted by Gasteiger charge is -2.34. The number of carbonyl (C=O) groups excluding carboxylic acids is 1. The summed E-state index contributed by atoms with van der Waals surface area (Å²) in [7, 11) is 0. The zero-order valence-corrected chi connectivity index (χ0v) is 23.8. The van der Waals surface area contributed by atoms with Crippen LogP contribution in [0.4, 0.5) is 35.5 Å². The molecule has 222 valence electrons. The van der Waals surface area contributed by atoms with Gasteiger partial charge >= 0.3 is 12.3 Å². The van der Waals surface area contributed by atoms with Gasteiger partial charge in [-0.15, -0.1) is 5.10 Å². The molecule has 0 saturated carbocycles. The van der Waals surface area contributed by atoms with Crippen LogP contribution in [0.1, 0.15) is 48.6 Å². The molecule has 1 amide bonds. The highest BCUT2D eigenvalue weighted by Gasteiger charge is 2.38. The zero-order valence-electron chi connectivity index (χ0n) is 23.8. The van der Waals surface area contributed by atoms with Crippen LogP contribution >= 0.6 is 0 Å². The molecule has 3 aromatic carbocycles. The Morgan fingerprint density at radius 1 is 1.02 bits per heavy atom. The number of ether oxygens (including phenoxy) is 1. The molecule has 1 aliphatic rings. The van der Waals surface area contributed by atoms with Crippen LogP contribution in [0.2, 0.25) is 0 Å². The molecule has 9 nitrogen and oxygen atoms in total. The van der Waals surface area contributed by atoms with E-state index in [1.165, 1.54) is 26.6 Å². The second-order valence-electron chi connectivity index (χ2n) is 9.98. The molecule has 1 aliphatic heterocycles. The molecule has 44 heavy (non-hydrogen) atoms. The summed E-state index contributed by atoms with van der Waals surface area (Å²) in [5.74, 6) is 0.0599. The molecular weight excluding hydrogens is 571 g/mol. The lowest BCUT2D eigenvalue weighted by molar-refractivity contribution is -0.137. The maximum absolute atomic E-state index is 13.7. The molecule has 1 atom stereocenters. The number of aromatic nitrogens is 3. The van der Waals surface area contributed by atoms with Crippen molar-refractivity contribution in [2.45, 2.75) is 39.1 Å². The largest absolute Gasteiger partial charge is 0.444 e. The van der Waals surface area contributed by atoms with E-state index in [-0.39, 0.29) is 36.3 Å². The number of carbonyl (C=O) groups is 1. The normalized spacial score (nSPS) is 14.4. The zero-order chi connectivity index (χ0) is 31.4. The fourth-order valence-corrected chi connectivity index (χ4v) is 4.95. The van der Waals surface area contributed by atoms with Gasteiger partial charge in [-0.1, -0.05) is 55.5 Å². The van der Waals surface area contributed by atoms with Gasteiger partial charge in [0.2, 0.25) is 5.95 Å². The molecule has 1 unspecified atom stereocenters. The maximum atomic E-state index is 13.7. The van der Waals surface area contributed by atoms with E-state index >= 15 is 0 Å². The topological polar surface area (TPSA) is 111 Å². The number of hydrogen-bond acceptors (Lipinski definition) is 7. The van der Waals surface area contributed by atoms with E-state index < -0.39 is 23.9 Å². The van der Waals surface area contributed by atoms with Crippen LogP contribution in [0.3, 0.4) is 0 Å². The van der Waals surface area contributed by atoms with E-state index in [0.717, 1.165) is 17.7 Å². The van der Waals surface area contributed by atoms with Crippen LogP contribution in [-0.4, -0.2) is 27.4 Å². The smallest absolute Gasteiger partial charge is 0.417 e. The van der Waals surface area contributed by atoms with Gasteiger partial charge in [0.05, 0.1) is 28.8 Å². The molecule has 5 rings (SSSR count). The Kier molecular flexibility index (Phi) is 8.36. The molecule has 0 fully saturated rings. The van der Waals surface area contributed by atoms with E-state index in [9.17, 15) is 28.5 Å². The fourth-order valence-electron chi connectivity index (χ4n) is 4.95. The fraction of sp³-hybridized carbons (Fsp3) is 0.219. The average molecular weight is 598 g/mol. The number of amides is 1. The van der Waals surface area contributed by atoms with Crippen molar-refractivity contribution in [2.24, 2.45) is 0 Å². The number of rotatable bonds is 7. The Morgan fingerprint density at radius 2 is 1.75 bits per heavy atom. The monoisotopic (exact) mass is 597 g/mol. The first-order valence-corrected chi connectivity index (χ1v) is 13.7. The summed E-state index contributed by atoms with van der Waals surface area (Å²) < 4.78 is 48.1. The number of alkyl halides is 3. The summed E-state index contributed by atoms with van der Waals surface area (Å²) in [6.07, 6.45) is -4.78. The number of halogens is 3. The molecule has 0 radical (unpaired) electrons. The van der Waals surface area contributed by atoms with Crippen molar-refractivity contribution in [3.05, 3.63) is 112 Å². The van der Waals surface area contributed by atoms with Crippen molar-refractivity contribution in [1.82, 2.24) is 14.8 Å². The predicted octanol–water partition coefficient (Wildman–Crippen LogP) is 7.26. The Labute approximate surface area is 251 Å². The third-order valence-electron chi connectivity index (χ3n) is 7.07. The van der Waals surface area contributed by atoms with Gasteiger partial charge in [0.25, 0.3) is 5.95 Å². The SMILES string of the molecule is CCCN(C(=O)OCc1ccccc1)c1nc2n(n1)C(c1ccc(C#N)cc1)C(C#N)=C(C)N2c1cccc(C(F)(F)F)c1. The van der Waals surface area contributed by atoms with Crippen molar-refractivity contribution in [3.63, 3.8) is 0 Å². The van der Waals surface area contributed by atoms with Crippen molar-refractivity contribution in [2.75, 3.05) is 16.3 Å². The predicted molar refractivity (Wildman–Crippen MR) is 155 cm³/mol. The molecule has 0 spiro atoms. The highest BCUT2D eigenvalue weighted by Crippen LogP contribution is 2.43. The summed E-state index contributed by atoms with van der Waals surface area (Å²) >= 11 is 0. The maximum Gasteiger partial charge on any atom is 0.417 e. The summed E-state index contributed by atoms with van der Waals surface area (Å²) in [6.45, 7) is 3.68. The minimum atomic E-state index is -4.61. The standard InChI is InChI=1S/C32H26F3N7O2/c1-3-16-40(31(43)44-20-23-8-5-4-6-9-23)29-38-30-41(26-11-7-10-25(17-26)32(33,34)35)21(2)27(19-37)28(42(30)39-29)24-14-12-22(18-36)13-15-24/h4-15,17,28H,3,16,20H2,1-2H3. The second-order valence-corrected chi connectivity index (χ2v) is 9.98. The van der Waals surface area contributed by atoms with Gasteiger partial charge in [-0.3, -0.25) is 4.90 Å². The number of benzene rings is 3. The van der Waals surface area contributed by atoms with E-state index in [0.29, 0.717) is 23.2 Å². The molecule has 2 heterocycles. The van der Waals surface area contributed by atoms with Crippen molar-refractivity contribution in [1.29, 1.82) is 10.5 Å². The lowest BCUT2D eigenvalue weighted by atomic mass is 9.95. The third-order valence-corrected chi connectivity index (χ3v) is 7.07. The first kappa shape index (κ1) is 29.9. The first-order valence-electron chi connectivity index (χ1n) is 13.7. The number of nitrogens with zero attached hydrogens (tertiary/aromatic N) is 7. The van der Waals surface area contributed by atoms with Crippen LogP contribution in [0.5, 0.6) is 0 Å². The van der Waals surface area contributed by atoms with Crippen molar-refractivity contribution in [3.8, 4) is 12.1 Å². The van der Waals surface area contributed by atoms with Crippen LogP contribution in [-0.2, 0) is 17.5 Å². The van der Waals surface area contributed by atoms with Crippen LogP contribution in [0, 0.1) is 22.7 Å². The van der Waals surface area contributed by atoms with E-state index in [1.807, 2.05) is 37.3 Å². The molecule has 0 aliphatic carbocycles. The Bertz CT molecular complexity index is 1790. The third kappa shape index (κ3) is 5.83. The minimum absolute atomic E-state index is 0.0108. The summed E-state index contributed by atoms with van der Waals surface area (Å²) in [6, 6.07) is 23.8. The molecular formula is C32H26F3N7O2. The van der Waals surface area contributed by atoms with Crippen LogP contribution in [0.25, 0.3) is 0 Å². The highest BCUT2D eigenvalue weighted by molar-refractivity contribution is 5.85. The first-order chi connectivity index (χ1) is 21.2. The van der Waals surface area contributed by atoms with Gasteiger partial charge in [0.15, 0.2) is 0 Å². The van der Waals surface area contributed by atoms with E-state index in [4.69, 9.17) is 4.74 Å². The Balaban J connectivity index is 1.64. The molecule has 0 saturated heterocycles. The van der Waals surface area contributed by atoms with Crippen LogP contribution < -0.4 is 9.80 Å². The van der Waals surface area contributed by atoms with Crippen molar-refractivity contribution < 1.29 is 22.7 Å². The molecule has 1 aromatic heterocycles. The number of fused-ring (bicyclic) bond motifs is 1. The van der Waals surface area contributed by atoms with Gasteiger partial charge in [-0.2, -0.15) is 28.7 Å². The van der Waals surface area contributed by atoms with E-state index in [1.54, 1.807) is 31.2 Å². The summed E-state index contributed by atoms with van der Waals surface area (Å²) in [5.41, 5.74) is 1.55. The second kappa shape index (κ2) is 12.3. The van der Waals surface area contributed by atoms with Gasteiger partial charge in [-0.25, -0.2) is 14.4 Å². The van der Waals surface area contributed by atoms with Gasteiger partial charge in [0.1, 0.15) is 12.6 Å². The molecule has 0 N–H and O–H groups in total. The van der Waals surface area contributed by atoms with Crippen molar-refractivity contribution >= 4 is 23.7 Å². The number of hydrogen-bond donors (Lipinski definition) is 0. The Hall–Kier alpha value is -5.62. The lowest BCUT2D eigenvalue weighted by Crippen LogP contribution is -2.33. The number of allylic oxidation sites excluding steroid dienone is 2. The number of nitriles is 2. The molecule has 0 bridgehead atoms. The quantitative estimate of drug-likeness (QED) is 0.220. The highest BCUT2D eigenvalue weighted by atomic mass is 19.4. The van der Waals surface area contributed by atoms with E-state index in [2.05, 4.69) is 22.2 Å². The van der Waals surface area contributed by atoms with Gasteiger partial charge in [0, 0.05) is 17.9 Å². The van der Waals surface area contributed by atoms with Gasteiger partial charge in [-0.05, 0) is 54.8 Å². The van der Waals surface area contributed by atoms with Crippen LogP contribution in [0.15, 0.2) is 90.1 Å².